The Balaban J connectivity index is 1.46. The van der Waals surface area contributed by atoms with E-state index in [2.05, 4.69) is 15.6 Å². The van der Waals surface area contributed by atoms with Gasteiger partial charge in [0.15, 0.2) is 0 Å². The molecular formula is C18H20FN3O3. The van der Waals surface area contributed by atoms with Crippen LogP contribution in [0.15, 0.2) is 48.8 Å². The number of amides is 1. The first-order valence-electron chi connectivity index (χ1n) is 8.09. The first kappa shape index (κ1) is 17.5. The lowest BCUT2D eigenvalue weighted by Crippen LogP contribution is -2.44. The molecule has 1 aliphatic rings. The van der Waals surface area contributed by atoms with Crippen LogP contribution in [0.4, 0.5) is 4.39 Å². The zero-order valence-electron chi connectivity index (χ0n) is 13.6. The van der Waals surface area contributed by atoms with Crippen molar-refractivity contribution in [1.82, 2.24) is 15.6 Å². The van der Waals surface area contributed by atoms with Crippen molar-refractivity contribution in [3.63, 3.8) is 0 Å². The lowest BCUT2D eigenvalue weighted by molar-refractivity contribution is 0.0398. The lowest BCUT2D eigenvalue weighted by atomic mass is 10.1. The molecule has 1 aliphatic heterocycles. The molecule has 3 N–H and O–H groups in total. The Kier molecular flexibility index (Phi) is 5.70. The van der Waals surface area contributed by atoms with E-state index >= 15 is 0 Å². The summed E-state index contributed by atoms with van der Waals surface area (Å²) in [5, 5.41) is 16.3. The van der Waals surface area contributed by atoms with E-state index in [9.17, 15) is 14.3 Å². The number of aliphatic hydroxyl groups is 1. The number of rotatable bonds is 6. The van der Waals surface area contributed by atoms with Gasteiger partial charge < -0.3 is 20.5 Å². The summed E-state index contributed by atoms with van der Waals surface area (Å²) >= 11 is 0. The number of carbonyl (C=O) groups is 1. The van der Waals surface area contributed by atoms with Crippen LogP contribution in [0.2, 0.25) is 0 Å². The van der Waals surface area contributed by atoms with Gasteiger partial charge in [0.1, 0.15) is 11.9 Å². The van der Waals surface area contributed by atoms with Crippen molar-refractivity contribution >= 4 is 5.91 Å². The van der Waals surface area contributed by atoms with Gasteiger partial charge in [0.2, 0.25) is 0 Å². The van der Waals surface area contributed by atoms with E-state index in [1.165, 1.54) is 12.1 Å². The maximum absolute atomic E-state index is 12.9. The van der Waals surface area contributed by atoms with E-state index in [0.29, 0.717) is 18.7 Å². The van der Waals surface area contributed by atoms with Gasteiger partial charge in [0.05, 0.1) is 18.8 Å². The molecule has 2 aromatic rings. The molecule has 0 bridgehead atoms. The van der Waals surface area contributed by atoms with Crippen molar-refractivity contribution in [2.45, 2.75) is 24.8 Å². The van der Waals surface area contributed by atoms with Gasteiger partial charge >= 0.3 is 0 Å². The Morgan fingerprint density at radius 1 is 1.24 bits per heavy atom. The van der Waals surface area contributed by atoms with E-state index in [0.717, 1.165) is 5.56 Å². The summed E-state index contributed by atoms with van der Waals surface area (Å²) in [6.07, 6.45) is 1.88. The second kappa shape index (κ2) is 8.15. The molecule has 0 aliphatic carbocycles. The largest absolute Gasteiger partial charge is 0.389 e. The van der Waals surface area contributed by atoms with E-state index in [1.54, 1.807) is 36.7 Å². The highest BCUT2D eigenvalue weighted by Crippen LogP contribution is 2.15. The van der Waals surface area contributed by atoms with E-state index in [-0.39, 0.29) is 24.3 Å². The highest BCUT2D eigenvalue weighted by Gasteiger charge is 2.35. The van der Waals surface area contributed by atoms with Gasteiger partial charge in [-0.3, -0.25) is 9.78 Å². The lowest BCUT2D eigenvalue weighted by Gasteiger charge is -2.19. The van der Waals surface area contributed by atoms with Crippen molar-refractivity contribution in [1.29, 1.82) is 0 Å². The smallest absolute Gasteiger partial charge is 0.251 e. The minimum absolute atomic E-state index is 0.219. The van der Waals surface area contributed by atoms with Gasteiger partial charge in [-0.2, -0.15) is 0 Å². The zero-order chi connectivity index (χ0) is 17.6. The Morgan fingerprint density at radius 2 is 1.96 bits per heavy atom. The normalized spacial score (nSPS) is 22.7. The van der Waals surface area contributed by atoms with Gasteiger partial charge in [0.25, 0.3) is 5.91 Å². The summed E-state index contributed by atoms with van der Waals surface area (Å²) < 4.78 is 18.5. The SMILES string of the molecule is O=C(NCC1OCC(NCc2ccc(F)cc2)C1O)c1ccncc1. The van der Waals surface area contributed by atoms with Crippen LogP contribution in [0.5, 0.6) is 0 Å². The third-order valence-electron chi connectivity index (χ3n) is 4.17. The molecule has 7 heteroatoms. The molecule has 0 radical (unpaired) electrons. The maximum atomic E-state index is 12.9. The molecule has 1 fully saturated rings. The molecule has 1 amide bonds. The molecule has 6 nitrogen and oxygen atoms in total. The summed E-state index contributed by atoms with van der Waals surface area (Å²) in [6, 6.07) is 9.18. The molecule has 0 spiro atoms. The fraction of sp³-hybridized carbons (Fsp3) is 0.333. The average Bonchev–Trinajstić information content (AvgIpc) is 3.00. The van der Waals surface area contributed by atoms with Gasteiger partial charge in [0, 0.05) is 31.0 Å². The number of aliphatic hydroxyl groups excluding tert-OH is 1. The van der Waals surface area contributed by atoms with Crippen LogP contribution in [0, 0.1) is 5.82 Å². The van der Waals surface area contributed by atoms with E-state index < -0.39 is 12.2 Å². The van der Waals surface area contributed by atoms with Gasteiger partial charge in [-0.1, -0.05) is 12.1 Å². The predicted octanol–water partition coefficient (Wildman–Crippen LogP) is 0.869. The van der Waals surface area contributed by atoms with Crippen molar-refractivity contribution in [2.24, 2.45) is 0 Å². The molecule has 3 rings (SSSR count). The molecule has 1 aromatic carbocycles. The first-order chi connectivity index (χ1) is 12.1. The second-order valence-electron chi connectivity index (χ2n) is 5.92. The number of ether oxygens (including phenoxy) is 1. The molecule has 1 aromatic heterocycles. The number of benzene rings is 1. The van der Waals surface area contributed by atoms with Crippen molar-refractivity contribution in [3.8, 4) is 0 Å². The fourth-order valence-electron chi connectivity index (χ4n) is 2.69. The number of hydrogen-bond acceptors (Lipinski definition) is 5. The number of nitrogens with zero attached hydrogens (tertiary/aromatic N) is 1. The van der Waals surface area contributed by atoms with Gasteiger partial charge in [-0.15, -0.1) is 0 Å². The van der Waals surface area contributed by atoms with Crippen molar-refractivity contribution in [3.05, 3.63) is 65.7 Å². The monoisotopic (exact) mass is 345 g/mol. The maximum Gasteiger partial charge on any atom is 0.251 e. The number of aromatic nitrogens is 1. The van der Waals surface area contributed by atoms with Crippen LogP contribution in [-0.2, 0) is 11.3 Å². The molecule has 0 saturated carbocycles. The van der Waals surface area contributed by atoms with Crippen molar-refractivity contribution in [2.75, 3.05) is 13.2 Å². The average molecular weight is 345 g/mol. The number of carbonyl (C=O) groups excluding carboxylic acids is 1. The topological polar surface area (TPSA) is 83.5 Å². The Morgan fingerprint density at radius 3 is 2.68 bits per heavy atom. The Hall–Kier alpha value is -2.35. The molecule has 3 unspecified atom stereocenters. The minimum Gasteiger partial charge on any atom is -0.389 e. The van der Waals surface area contributed by atoms with Crippen LogP contribution in [-0.4, -0.2) is 47.4 Å². The number of pyridine rings is 1. The number of halogens is 1. The first-order valence-corrected chi connectivity index (χ1v) is 8.09. The fourth-order valence-corrected chi connectivity index (χ4v) is 2.69. The van der Waals surface area contributed by atoms with Crippen LogP contribution in [0.3, 0.4) is 0 Å². The standard InChI is InChI=1S/C18H20FN3O3/c19-14-3-1-12(2-4-14)9-21-15-11-25-16(17(15)23)10-22-18(24)13-5-7-20-8-6-13/h1-8,15-17,21,23H,9-11H2,(H,22,24). The molecule has 3 atom stereocenters. The van der Waals surface area contributed by atoms with Crippen LogP contribution < -0.4 is 10.6 Å². The predicted molar refractivity (Wildman–Crippen MR) is 89.3 cm³/mol. The van der Waals surface area contributed by atoms with E-state index in [1.807, 2.05) is 0 Å². The Bertz CT molecular complexity index is 696. The molecule has 132 valence electrons. The summed E-state index contributed by atoms with van der Waals surface area (Å²) in [5.41, 5.74) is 1.43. The van der Waals surface area contributed by atoms with Crippen LogP contribution in [0.1, 0.15) is 15.9 Å². The quantitative estimate of drug-likeness (QED) is 0.724. The third kappa shape index (κ3) is 4.60. The van der Waals surface area contributed by atoms with Crippen molar-refractivity contribution < 1.29 is 19.0 Å². The highest BCUT2D eigenvalue weighted by molar-refractivity contribution is 5.93. The third-order valence-corrected chi connectivity index (χ3v) is 4.17. The highest BCUT2D eigenvalue weighted by atomic mass is 19.1. The summed E-state index contributed by atoms with van der Waals surface area (Å²) in [6.45, 7) is 1.07. The summed E-state index contributed by atoms with van der Waals surface area (Å²) in [5.74, 6) is -0.515. The molecule has 25 heavy (non-hydrogen) atoms. The number of hydrogen-bond donors (Lipinski definition) is 3. The summed E-state index contributed by atoms with van der Waals surface area (Å²) in [7, 11) is 0. The Labute approximate surface area is 145 Å². The van der Waals surface area contributed by atoms with Gasteiger partial charge in [-0.05, 0) is 29.8 Å². The number of nitrogens with one attached hydrogen (secondary N) is 2. The molecule has 1 saturated heterocycles. The van der Waals surface area contributed by atoms with Gasteiger partial charge in [-0.25, -0.2) is 4.39 Å². The molecular weight excluding hydrogens is 325 g/mol. The zero-order valence-corrected chi connectivity index (χ0v) is 13.6. The van der Waals surface area contributed by atoms with Crippen LogP contribution >= 0.6 is 0 Å². The molecule has 2 heterocycles. The van der Waals surface area contributed by atoms with E-state index in [4.69, 9.17) is 4.74 Å². The minimum atomic E-state index is -0.738. The summed E-state index contributed by atoms with van der Waals surface area (Å²) in [4.78, 5) is 15.9. The van der Waals surface area contributed by atoms with Crippen LogP contribution in [0.25, 0.3) is 0 Å². The second-order valence-corrected chi connectivity index (χ2v) is 5.92.